The Bertz CT molecular complexity index is 533. The van der Waals surface area contributed by atoms with Crippen LogP contribution in [0.25, 0.3) is 0 Å². The summed E-state index contributed by atoms with van der Waals surface area (Å²) in [4.78, 5) is 8.09. The summed E-state index contributed by atoms with van der Waals surface area (Å²) in [5.74, 6) is -0.255. The molecule has 0 radical (unpaired) electrons. The lowest BCUT2D eigenvalue weighted by molar-refractivity contribution is 0.587. The highest BCUT2D eigenvalue weighted by atomic mass is 79.9. The molecule has 1 N–H and O–H groups in total. The van der Waals surface area contributed by atoms with E-state index < -0.39 is 0 Å². The van der Waals surface area contributed by atoms with Crippen LogP contribution in [0.2, 0.25) is 0 Å². The fourth-order valence-electron chi connectivity index (χ4n) is 1.89. The molecule has 0 amide bonds. The van der Waals surface area contributed by atoms with E-state index in [0.29, 0.717) is 0 Å². The minimum atomic E-state index is -0.255. The monoisotopic (exact) mass is 323 g/mol. The van der Waals surface area contributed by atoms with Gasteiger partial charge in [0.2, 0.25) is 0 Å². The Morgan fingerprint density at radius 1 is 1.32 bits per heavy atom. The highest BCUT2D eigenvalue weighted by Gasteiger charge is 2.17. The van der Waals surface area contributed by atoms with Crippen LogP contribution >= 0.6 is 15.9 Å². The smallest absolute Gasteiger partial charge is 0.124 e. The van der Waals surface area contributed by atoms with Gasteiger partial charge in [-0.3, -0.25) is 0 Å². The first kappa shape index (κ1) is 14.1. The SMILES string of the molecule is CCCNC(c1cncnc1)c1ccc(F)cc1Br. The summed E-state index contributed by atoms with van der Waals surface area (Å²) in [7, 11) is 0. The summed E-state index contributed by atoms with van der Waals surface area (Å²) in [6, 6.07) is 4.67. The van der Waals surface area contributed by atoms with E-state index in [0.717, 1.165) is 28.6 Å². The van der Waals surface area contributed by atoms with Crippen molar-refractivity contribution >= 4 is 15.9 Å². The molecule has 0 aliphatic heterocycles. The van der Waals surface area contributed by atoms with Crippen LogP contribution in [0, 0.1) is 5.82 Å². The lowest BCUT2D eigenvalue weighted by Gasteiger charge is -2.20. The van der Waals surface area contributed by atoms with Gasteiger partial charge in [-0.2, -0.15) is 0 Å². The van der Waals surface area contributed by atoms with Gasteiger partial charge in [0.15, 0.2) is 0 Å². The molecule has 1 unspecified atom stereocenters. The molecule has 0 aliphatic carbocycles. The van der Waals surface area contributed by atoms with E-state index in [2.05, 4.69) is 38.1 Å². The lowest BCUT2D eigenvalue weighted by atomic mass is 10.0. The standard InChI is InChI=1S/C14H15BrFN3/c1-2-5-19-14(10-7-17-9-18-8-10)12-4-3-11(16)6-13(12)15/h3-4,6-9,14,19H,2,5H2,1H3. The van der Waals surface area contributed by atoms with Gasteiger partial charge < -0.3 is 5.32 Å². The van der Waals surface area contributed by atoms with Crippen molar-refractivity contribution in [2.24, 2.45) is 0 Å². The van der Waals surface area contributed by atoms with E-state index in [1.165, 1.54) is 18.5 Å². The number of benzene rings is 1. The van der Waals surface area contributed by atoms with Crippen LogP contribution in [0.1, 0.15) is 30.5 Å². The predicted molar refractivity (Wildman–Crippen MR) is 76.3 cm³/mol. The molecule has 0 spiro atoms. The molecule has 5 heteroatoms. The van der Waals surface area contributed by atoms with Crippen molar-refractivity contribution in [3.8, 4) is 0 Å². The number of rotatable bonds is 5. The van der Waals surface area contributed by atoms with E-state index in [4.69, 9.17) is 0 Å². The van der Waals surface area contributed by atoms with Gasteiger partial charge in [-0.05, 0) is 30.7 Å². The van der Waals surface area contributed by atoms with Crippen molar-refractivity contribution in [3.05, 3.63) is 58.3 Å². The largest absolute Gasteiger partial charge is 0.306 e. The van der Waals surface area contributed by atoms with Crippen LogP contribution in [-0.4, -0.2) is 16.5 Å². The zero-order valence-electron chi connectivity index (χ0n) is 10.6. The van der Waals surface area contributed by atoms with Gasteiger partial charge in [0.25, 0.3) is 0 Å². The molecule has 1 aromatic carbocycles. The third-order valence-electron chi connectivity index (χ3n) is 2.79. The van der Waals surface area contributed by atoms with Crippen LogP contribution in [0.5, 0.6) is 0 Å². The maximum Gasteiger partial charge on any atom is 0.124 e. The predicted octanol–water partition coefficient (Wildman–Crippen LogP) is 3.47. The molecule has 1 heterocycles. The van der Waals surface area contributed by atoms with Crippen molar-refractivity contribution in [1.82, 2.24) is 15.3 Å². The number of aromatic nitrogens is 2. The Morgan fingerprint density at radius 3 is 2.68 bits per heavy atom. The highest BCUT2D eigenvalue weighted by Crippen LogP contribution is 2.28. The zero-order valence-corrected chi connectivity index (χ0v) is 12.2. The van der Waals surface area contributed by atoms with Gasteiger partial charge in [-0.1, -0.05) is 28.9 Å². The molecule has 100 valence electrons. The van der Waals surface area contributed by atoms with E-state index in [-0.39, 0.29) is 11.9 Å². The first-order valence-corrected chi connectivity index (χ1v) is 6.95. The molecular weight excluding hydrogens is 309 g/mol. The van der Waals surface area contributed by atoms with Crippen molar-refractivity contribution < 1.29 is 4.39 Å². The van der Waals surface area contributed by atoms with Crippen LogP contribution in [-0.2, 0) is 0 Å². The number of nitrogens with one attached hydrogen (secondary N) is 1. The number of hydrogen-bond donors (Lipinski definition) is 1. The molecule has 1 atom stereocenters. The van der Waals surface area contributed by atoms with E-state index in [1.54, 1.807) is 18.5 Å². The zero-order chi connectivity index (χ0) is 13.7. The molecule has 2 aromatic rings. The molecular formula is C14H15BrFN3. The quantitative estimate of drug-likeness (QED) is 0.915. The van der Waals surface area contributed by atoms with Crippen molar-refractivity contribution in [2.45, 2.75) is 19.4 Å². The number of halogens is 2. The first-order chi connectivity index (χ1) is 9.22. The van der Waals surface area contributed by atoms with Crippen LogP contribution < -0.4 is 5.32 Å². The average Bonchev–Trinajstić information content (AvgIpc) is 2.42. The molecule has 1 aromatic heterocycles. The van der Waals surface area contributed by atoms with Gasteiger partial charge in [0.1, 0.15) is 12.1 Å². The Balaban J connectivity index is 2.37. The topological polar surface area (TPSA) is 37.8 Å². The van der Waals surface area contributed by atoms with Crippen LogP contribution in [0.4, 0.5) is 4.39 Å². The Morgan fingerprint density at radius 2 is 2.05 bits per heavy atom. The lowest BCUT2D eigenvalue weighted by Crippen LogP contribution is -2.23. The second-order valence-corrected chi connectivity index (χ2v) is 5.08. The third-order valence-corrected chi connectivity index (χ3v) is 3.47. The summed E-state index contributed by atoms with van der Waals surface area (Å²) in [5, 5.41) is 3.43. The van der Waals surface area contributed by atoms with Crippen molar-refractivity contribution in [2.75, 3.05) is 6.54 Å². The number of hydrogen-bond acceptors (Lipinski definition) is 3. The van der Waals surface area contributed by atoms with Gasteiger partial charge in [-0.15, -0.1) is 0 Å². The minimum Gasteiger partial charge on any atom is -0.306 e. The number of nitrogens with zero attached hydrogens (tertiary/aromatic N) is 2. The normalized spacial score (nSPS) is 12.4. The third kappa shape index (κ3) is 3.58. The summed E-state index contributed by atoms with van der Waals surface area (Å²) >= 11 is 3.42. The van der Waals surface area contributed by atoms with Gasteiger partial charge in [0.05, 0.1) is 6.04 Å². The summed E-state index contributed by atoms with van der Waals surface area (Å²) in [6.07, 6.45) is 6.06. The van der Waals surface area contributed by atoms with Gasteiger partial charge in [-0.25, -0.2) is 14.4 Å². The first-order valence-electron chi connectivity index (χ1n) is 6.15. The summed E-state index contributed by atoms with van der Waals surface area (Å²) < 4.78 is 13.9. The molecule has 0 aliphatic rings. The fraction of sp³-hybridized carbons (Fsp3) is 0.286. The summed E-state index contributed by atoms with van der Waals surface area (Å²) in [6.45, 7) is 2.97. The highest BCUT2D eigenvalue weighted by molar-refractivity contribution is 9.10. The Hall–Kier alpha value is -1.33. The second-order valence-electron chi connectivity index (χ2n) is 4.22. The van der Waals surface area contributed by atoms with Crippen molar-refractivity contribution in [1.29, 1.82) is 0 Å². The molecule has 2 rings (SSSR count). The molecule has 0 saturated carbocycles. The van der Waals surface area contributed by atoms with Gasteiger partial charge in [0, 0.05) is 22.4 Å². The molecule has 0 fully saturated rings. The maximum atomic E-state index is 13.2. The van der Waals surface area contributed by atoms with Gasteiger partial charge >= 0.3 is 0 Å². The second kappa shape index (κ2) is 6.73. The average molecular weight is 324 g/mol. The van der Waals surface area contributed by atoms with Crippen LogP contribution in [0.15, 0.2) is 41.4 Å². The fourth-order valence-corrected chi connectivity index (χ4v) is 2.47. The van der Waals surface area contributed by atoms with Crippen LogP contribution in [0.3, 0.4) is 0 Å². The van der Waals surface area contributed by atoms with E-state index in [9.17, 15) is 4.39 Å². The van der Waals surface area contributed by atoms with Crippen molar-refractivity contribution in [3.63, 3.8) is 0 Å². The molecule has 3 nitrogen and oxygen atoms in total. The Labute approximate surface area is 120 Å². The molecule has 0 saturated heterocycles. The molecule has 0 bridgehead atoms. The van der Waals surface area contributed by atoms with E-state index in [1.807, 2.05) is 0 Å². The summed E-state index contributed by atoms with van der Waals surface area (Å²) in [5.41, 5.74) is 1.94. The minimum absolute atomic E-state index is 0.0453. The van der Waals surface area contributed by atoms with E-state index >= 15 is 0 Å². The Kier molecular flexibility index (Phi) is 4.99. The maximum absolute atomic E-state index is 13.2. The molecule has 19 heavy (non-hydrogen) atoms.